The van der Waals surface area contributed by atoms with Crippen molar-refractivity contribution in [1.29, 1.82) is 0 Å². The predicted octanol–water partition coefficient (Wildman–Crippen LogP) is 2.68. The number of benzene rings is 1. The molecule has 0 spiro atoms. The lowest BCUT2D eigenvalue weighted by molar-refractivity contribution is -0.384. The Kier molecular flexibility index (Phi) is 5.36. The van der Waals surface area contributed by atoms with Crippen LogP contribution in [0.25, 0.3) is 11.3 Å². The van der Waals surface area contributed by atoms with E-state index >= 15 is 0 Å². The Hall–Kier alpha value is -3.00. The van der Waals surface area contributed by atoms with Gasteiger partial charge in [-0.3, -0.25) is 19.5 Å². The Morgan fingerprint density at radius 3 is 2.44 bits per heavy atom. The number of nitro benzene ring substituents is 1. The van der Waals surface area contributed by atoms with Crippen LogP contribution < -0.4 is 5.32 Å². The van der Waals surface area contributed by atoms with Gasteiger partial charge < -0.3 is 5.32 Å². The van der Waals surface area contributed by atoms with Gasteiger partial charge in [0.15, 0.2) is 0 Å². The van der Waals surface area contributed by atoms with Gasteiger partial charge in [0.05, 0.1) is 16.3 Å². The molecule has 0 amide bonds. The molecule has 0 bridgehead atoms. The van der Waals surface area contributed by atoms with Crippen LogP contribution in [-0.2, 0) is 27.1 Å². The zero-order chi connectivity index (χ0) is 19.6. The monoisotopic (exact) mass is 368 g/mol. The van der Waals surface area contributed by atoms with Gasteiger partial charge >= 0.3 is 0 Å². The van der Waals surface area contributed by atoms with Crippen molar-refractivity contribution >= 4 is 5.69 Å². The first-order chi connectivity index (χ1) is 12.9. The molecule has 0 saturated heterocycles. The van der Waals surface area contributed by atoms with Gasteiger partial charge in [0.1, 0.15) is 0 Å². The second-order valence-corrected chi connectivity index (χ2v) is 6.68. The van der Waals surface area contributed by atoms with Gasteiger partial charge in [0.25, 0.3) is 5.69 Å². The van der Waals surface area contributed by atoms with Crippen LogP contribution >= 0.6 is 0 Å². The molecule has 0 aliphatic heterocycles. The van der Waals surface area contributed by atoms with Crippen LogP contribution in [-0.4, -0.2) is 31.0 Å². The van der Waals surface area contributed by atoms with Gasteiger partial charge in [-0.25, -0.2) is 0 Å². The molecule has 1 aromatic carbocycles. The van der Waals surface area contributed by atoms with Gasteiger partial charge in [0, 0.05) is 55.8 Å². The first-order valence-electron chi connectivity index (χ1n) is 8.84. The summed E-state index contributed by atoms with van der Waals surface area (Å²) in [6.07, 6.45) is 2.89. The summed E-state index contributed by atoms with van der Waals surface area (Å²) in [7, 11) is 3.84. The fraction of sp³-hybridized carbons (Fsp3) is 0.368. The third-order valence-electron chi connectivity index (χ3n) is 4.78. The first-order valence-corrected chi connectivity index (χ1v) is 8.84. The molecule has 0 aliphatic carbocycles. The van der Waals surface area contributed by atoms with Crippen LogP contribution in [0.3, 0.4) is 0 Å². The van der Waals surface area contributed by atoms with Crippen LogP contribution in [0.5, 0.6) is 0 Å². The highest BCUT2D eigenvalue weighted by atomic mass is 16.6. The number of rotatable bonds is 7. The lowest BCUT2D eigenvalue weighted by atomic mass is 10.1. The zero-order valence-corrected chi connectivity index (χ0v) is 16.1. The summed E-state index contributed by atoms with van der Waals surface area (Å²) in [4.78, 5) is 10.4. The van der Waals surface area contributed by atoms with Crippen molar-refractivity contribution in [3.05, 3.63) is 63.1 Å². The summed E-state index contributed by atoms with van der Waals surface area (Å²) in [5.74, 6) is 0. The van der Waals surface area contributed by atoms with E-state index < -0.39 is 4.92 Å². The Bertz CT molecular complexity index is 955. The smallest absolute Gasteiger partial charge is 0.269 e. The molecule has 142 valence electrons. The molecule has 3 aromatic rings. The van der Waals surface area contributed by atoms with Crippen molar-refractivity contribution in [2.24, 2.45) is 14.1 Å². The molecule has 0 aliphatic rings. The highest BCUT2D eigenvalue weighted by molar-refractivity contribution is 5.64. The average molecular weight is 368 g/mol. The van der Waals surface area contributed by atoms with Gasteiger partial charge in [-0.15, -0.1) is 0 Å². The zero-order valence-electron chi connectivity index (χ0n) is 16.1. The number of hydrogen-bond donors (Lipinski definition) is 1. The molecule has 8 nitrogen and oxygen atoms in total. The summed E-state index contributed by atoms with van der Waals surface area (Å²) in [6.45, 7) is 5.64. The van der Waals surface area contributed by atoms with E-state index in [1.807, 2.05) is 31.9 Å². The number of aromatic nitrogens is 4. The molecule has 2 heterocycles. The van der Waals surface area contributed by atoms with E-state index in [2.05, 4.69) is 22.4 Å². The molecule has 8 heteroatoms. The highest BCUT2D eigenvalue weighted by Crippen LogP contribution is 2.24. The third-order valence-corrected chi connectivity index (χ3v) is 4.78. The average Bonchev–Trinajstić information content (AvgIpc) is 3.12. The maximum atomic E-state index is 10.8. The van der Waals surface area contributed by atoms with E-state index in [9.17, 15) is 10.1 Å². The van der Waals surface area contributed by atoms with E-state index in [0.29, 0.717) is 6.54 Å². The summed E-state index contributed by atoms with van der Waals surface area (Å²) in [6, 6.07) is 6.50. The molecule has 0 fully saturated rings. The van der Waals surface area contributed by atoms with E-state index in [0.717, 1.165) is 35.5 Å². The first kappa shape index (κ1) is 18.8. The number of non-ortho nitro benzene ring substituents is 1. The minimum Gasteiger partial charge on any atom is -0.312 e. The van der Waals surface area contributed by atoms with Crippen LogP contribution in [0.2, 0.25) is 0 Å². The Morgan fingerprint density at radius 2 is 1.85 bits per heavy atom. The fourth-order valence-corrected chi connectivity index (χ4v) is 3.27. The van der Waals surface area contributed by atoms with Crippen LogP contribution in [0, 0.1) is 24.0 Å². The maximum absolute atomic E-state index is 10.8. The van der Waals surface area contributed by atoms with Crippen molar-refractivity contribution in [2.45, 2.75) is 26.8 Å². The molecule has 27 heavy (non-hydrogen) atoms. The number of nitrogens with one attached hydrogen (secondary N) is 1. The van der Waals surface area contributed by atoms with Crippen LogP contribution in [0.1, 0.15) is 22.5 Å². The summed E-state index contributed by atoms with van der Waals surface area (Å²) < 4.78 is 3.68. The lowest BCUT2D eigenvalue weighted by Crippen LogP contribution is -2.17. The van der Waals surface area contributed by atoms with E-state index in [-0.39, 0.29) is 5.69 Å². The molecule has 2 aromatic heterocycles. The maximum Gasteiger partial charge on any atom is 0.269 e. The molecular weight excluding hydrogens is 344 g/mol. The number of nitro groups is 1. The second kappa shape index (κ2) is 7.71. The topological polar surface area (TPSA) is 90.8 Å². The van der Waals surface area contributed by atoms with Crippen molar-refractivity contribution in [3.63, 3.8) is 0 Å². The summed E-state index contributed by atoms with van der Waals surface area (Å²) in [5.41, 5.74) is 6.41. The largest absolute Gasteiger partial charge is 0.312 e. The fourth-order valence-electron chi connectivity index (χ4n) is 3.27. The van der Waals surface area contributed by atoms with Gasteiger partial charge in [0.2, 0.25) is 0 Å². The second-order valence-electron chi connectivity index (χ2n) is 6.68. The van der Waals surface area contributed by atoms with Crippen molar-refractivity contribution in [3.8, 4) is 11.3 Å². The van der Waals surface area contributed by atoms with E-state index in [1.165, 1.54) is 23.4 Å². The predicted molar refractivity (Wildman–Crippen MR) is 103 cm³/mol. The Labute approximate surface area is 158 Å². The van der Waals surface area contributed by atoms with Crippen LogP contribution in [0.15, 0.2) is 30.5 Å². The minimum atomic E-state index is -0.396. The SMILES string of the molecule is Cc1nn(C)c(C)c1CCNCc1cn(C)nc1-c1ccc([N+](=O)[O-])cc1. The Balaban J connectivity index is 1.66. The van der Waals surface area contributed by atoms with Gasteiger partial charge in [-0.2, -0.15) is 10.2 Å². The third kappa shape index (κ3) is 4.06. The quantitative estimate of drug-likeness (QED) is 0.393. The molecule has 0 saturated carbocycles. The molecule has 0 atom stereocenters. The summed E-state index contributed by atoms with van der Waals surface area (Å²) >= 11 is 0. The number of nitrogens with zero attached hydrogens (tertiary/aromatic N) is 5. The number of aryl methyl sites for hydroxylation is 3. The highest BCUT2D eigenvalue weighted by Gasteiger charge is 2.13. The van der Waals surface area contributed by atoms with Crippen molar-refractivity contribution in [1.82, 2.24) is 24.9 Å². The van der Waals surface area contributed by atoms with Crippen LogP contribution in [0.4, 0.5) is 5.69 Å². The van der Waals surface area contributed by atoms with E-state index in [1.54, 1.807) is 16.8 Å². The minimum absolute atomic E-state index is 0.0802. The Morgan fingerprint density at radius 1 is 1.15 bits per heavy atom. The lowest BCUT2D eigenvalue weighted by Gasteiger charge is -2.06. The van der Waals surface area contributed by atoms with E-state index in [4.69, 9.17) is 0 Å². The molecule has 0 radical (unpaired) electrons. The molecule has 0 unspecified atom stereocenters. The molecular formula is C19H24N6O2. The van der Waals surface area contributed by atoms with Crippen molar-refractivity contribution in [2.75, 3.05) is 6.54 Å². The van der Waals surface area contributed by atoms with Crippen molar-refractivity contribution < 1.29 is 4.92 Å². The molecule has 3 rings (SSSR count). The molecule has 1 N–H and O–H groups in total. The number of hydrogen-bond acceptors (Lipinski definition) is 5. The van der Waals surface area contributed by atoms with Gasteiger partial charge in [-0.05, 0) is 44.5 Å². The normalized spacial score (nSPS) is 11.1. The van der Waals surface area contributed by atoms with Gasteiger partial charge in [-0.1, -0.05) is 0 Å². The summed E-state index contributed by atoms with van der Waals surface area (Å²) in [5, 5.41) is 23.3. The standard InChI is InChI=1S/C19H24N6O2/c1-13-18(14(2)24(4)21-13)9-10-20-11-16-12-23(3)22-19(16)15-5-7-17(8-6-15)25(26)27/h5-8,12,20H,9-11H2,1-4H3.